The monoisotopic (exact) mass is 386 g/mol. The summed E-state index contributed by atoms with van der Waals surface area (Å²) < 4.78 is 5.78. The van der Waals surface area contributed by atoms with Crippen LogP contribution in [0.1, 0.15) is 23.9 Å². The number of halogens is 3. The summed E-state index contributed by atoms with van der Waals surface area (Å²) in [6.07, 6.45) is 0.287. The molecule has 1 aromatic rings. The minimum Gasteiger partial charge on any atom is -0.444 e. The van der Waals surface area contributed by atoms with Crippen LogP contribution in [0.15, 0.2) is 22.8 Å². The Hall–Kier alpha value is 0.0600. The Morgan fingerprint density at radius 3 is 2.36 bits per heavy atom. The Balaban J connectivity index is 3.49. The molecule has 0 aromatic carbocycles. The third-order valence-electron chi connectivity index (χ3n) is 1.54. The molecule has 0 amide bonds. The van der Waals surface area contributed by atoms with Gasteiger partial charge in [-0.25, -0.2) is 0 Å². The first kappa shape index (κ1) is 12.1. The fourth-order valence-electron chi connectivity index (χ4n) is 0.808. The molecule has 1 heterocycles. The Morgan fingerprint density at radius 1 is 1.29 bits per heavy atom. The number of Topliss-reactive ketones (excluding diaryl/α,β-unsaturated/α-hetero) is 1. The van der Waals surface area contributed by atoms with Crippen molar-refractivity contribution in [3.63, 3.8) is 0 Å². The fourth-order valence-corrected chi connectivity index (χ4v) is 2.20. The van der Waals surface area contributed by atoms with Crippen molar-refractivity contribution in [2.75, 3.05) is 0 Å². The van der Waals surface area contributed by atoms with Gasteiger partial charge in [-0.3, -0.25) is 9.59 Å². The molecule has 0 fully saturated rings. The van der Waals surface area contributed by atoms with Gasteiger partial charge in [0.1, 0.15) is 8.95 Å². The van der Waals surface area contributed by atoms with E-state index < -0.39 is 0 Å². The maximum absolute atomic E-state index is 11.5. The zero-order valence-electron chi connectivity index (χ0n) is 7.07. The number of hydrogen-bond acceptors (Lipinski definition) is 3. The van der Waals surface area contributed by atoms with Crippen LogP contribution >= 0.6 is 47.8 Å². The molecule has 0 bridgehead atoms. The van der Waals surface area contributed by atoms with Gasteiger partial charge in [0, 0.05) is 6.42 Å². The molecular weight excluding hydrogens is 384 g/mol. The van der Waals surface area contributed by atoms with Crippen LogP contribution in [0.2, 0.25) is 0 Å². The lowest BCUT2D eigenvalue weighted by Gasteiger charge is -2.02. The Kier molecular flexibility index (Phi) is 4.09. The van der Waals surface area contributed by atoms with E-state index in [1.807, 2.05) is 0 Å². The molecule has 14 heavy (non-hydrogen) atoms. The highest BCUT2D eigenvalue weighted by Gasteiger charge is 2.18. The van der Waals surface area contributed by atoms with Crippen molar-refractivity contribution >= 4 is 53.6 Å². The van der Waals surface area contributed by atoms with Crippen LogP contribution in [0.4, 0.5) is 0 Å². The normalized spacial score (nSPS) is 10.3. The molecule has 0 unspecified atom stereocenters. The van der Waals surface area contributed by atoms with Crippen LogP contribution in [-0.2, 0) is 0 Å². The van der Waals surface area contributed by atoms with Crippen molar-refractivity contribution in [1.29, 1.82) is 0 Å². The zero-order chi connectivity index (χ0) is 10.9. The number of carbonyl (C=O) groups excluding carboxylic acids is 1. The average molecular weight is 389 g/mol. The van der Waals surface area contributed by atoms with Crippen LogP contribution in [0.5, 0.6) is 0 Å². The molecule has 6 heteroatoms. The lowest BCUT2D eigenvalue weighted by Crippen LogP contribution is -2.10. The lowest BCUT2D eigenvalue weighted by atomic mass is 10.2. The van der Waals surface area contributed by atoms with Gasteiger partial charge >= 0.3 is 0 Å². The molecule has 0 spiro atoms. The molecule has 0 atom stereocenters. The standard InChI is InChI=1S/C8H5Br3O3/c1-2-3(12)7-4(9)6(13)5(10)8(11)14-7/h2H2,1H3. The van der Waals surface area contributed by atoms with Crippen molar-refractivity contribution in [2.24, 2.45) is 0 Å². The molecule has 0 radical (unpaired) electrons. The third-order valence-corrected chi connectivity index (χ3v) is 4.07. The Morgan fingerprint density at radius 2 is 1.86 bits per heavy atom. The highest BCUT2D eigenvalue weighted by molar-refractivity contribution is 9.13. The molecule has 76 valence electrons. The minimum atomic E-state index is -0.306. The third kappa shape index (κ3) is 2.17. The second kappa shape index (κ2) is 4.72. The number of rotatable bonds is 2. The maximum atomic E-state index is 11.5. The van der Waals surface area contributed by atoms with Crippen molar-refractivity contribution in [1.82, 2.24) is 0 Å². The summed E-state index contributed by atoms with van der Waals surface area (Å²) in [5, 5.41) is 0. The van der Waals surface area contributed by atoms with E-state index in [4.69, 9.17) is 4.42 Å². The van der Waals surface area contributed by atoms with Crippen molar-refractivity contribution < 1.29 is 9.21 Å². The second-order valence-electron chi connectivity index (χ2n) is 2.44. The Bertz CT molecular complexity index is 436. The smallest absolute Gasteiger partial charge is 0.215 e. The summed E-state index contributed by atoms with van der Waals surface area (Å²) in [6, 6.07) is 0. The van der Waals surface area contributed by atoms with Crippen molar-refractivity contribution in [3.05, 3.63) is 29.6 Å². The molecule has 1 rings (SSSR count). The number of carbonyl (C=O) groups is 1. The lowest BCUT2D eigenvalue weighted by molar-refractivity contribution is 0.0956. The summed E-state index contributed by atoms with van der Waals surface area (Å²) in [5.74, 6) is -0.172. The zero-order valence-corrected chi connectivity index (χ0v) is 11.8. The van der Waals surface area contributed by atoms with Crippen LogP contribution in [0.3, 0.4) is 0 Å². The van der Waals surface area contributed by atoms with Gasteiger partial charge in [0.25, 0.3) is 0 Å². The van der Waals surface area contributed by atoms with E-state index in [-0.39, 0.29) is 37.0 Å². The van der Waals surface area contributed by atoms with E-state index in [0.717, 1.165) is 0 Å². The van der Waals surface area contributed by atoms with E-state index in [1.54, 1.807) is 6.92 Å². The van der Waals surface area contributed by atoms with E-state index in [2.05, 4.69) is 47.8 Å². The Labute approximate surface area is 105 Å². The quantitative estimate of drug-likeness (QED) is 0.728. The average Bonchev–Trinajstić information content (AvgIpc) is 2.19. The maximum Gasteiger partial charge on any atom is 0.215 e. The van der Waals surface area contributed by atoms with E-state index in [0.29, 0.717) is 0 Å². The number of hydrogen-bond donors (Lipinski definition) is 0. The van der Waals surface area contributed by atoms with Gasteiger partial charge in [0.05, 0.1) is 0 Å². The summed E-state index contributed by atoms with van der Waals surface area (Å²) in [6.45, 7) is 1.70. The summed E-state index contributed by atoms with van der Waals surface area (Å²) in [7, 11) is 0. The van der Waals surface area contributed by atoms with Crippen LogP contribution in [0, 0.1) is 0 Å². The molecule has 0 N–H and O–H groups in total. The van der Waals surface area contributed by atoms with Gasteiger partial charge in [-0.1, -0.05) is 6.92 Å². The summed E-state index contributed by atoms with van der Waals surface area (Å²) >= 11 is 9.11. The first-order chi connectivity index (χ1) is 6.49. The molecule has 1 aromatic heterocycles. The van der Waals surface area contributed by atoms with E-state index in [9.17, 15) is 9.59 Å². The van der Waals surface area contributed by atoms with Gasteiger partial charge in [-0.15, -0.1) is 0 Å². The number of ketones is 1. The molecule has 0 saturated carbocycles. The second-order valence-corrected chi connectivity index (χ2v) is 4.74. The first-order valence-electron chi connectivity index (χ1n) is 3.69. The van der Waals surface area contributed by atoms with Crippen molar-refractivity contribution in [2.45, 2.75) is 13.3 Å². The molecule has 3 nitrogen and oxygen atoms in total. The van der Waals surface area contributed by atoms with Crippen molar-refractivity contribution in [3.8, 4) is 0 Å². The predicted molar refractivity (Wildman–Crippen MR) is 62.7 cm³/mol. The van der Waals surface area contributed by atoms with E-state index in [1.165, 1.54) is 0 Å². The molecule has 0 saturated heterocycles. The molecular formula is C8H5Br3O3. The van der Waals surface area contributed by atoms with Crippen LogP contribution in [0.25, 0.3) is 0 Å². The summed E-state index contributed by atoms with van der Waals surface area (Å²) in [5.41, 5.74) is -0.306. The largest absolute Gasteiger partial charge is 0.444 e. The highest BCUT2D eigenvalue weighted by atomic mass is 79.9. The van der Waals surface area contributed by atoms with Gasteiger partial charge in [0.2, 0.25) is 5.43 Å². The fraction of sp³-hybridized carbons (Fsp3) is 0.250. The molecule has 0 aliphatic heterocycles. The predicted octanol–water partition coefficient (Wildman–Crippen LogP) is 3.52. The van der Waals surface area contributed by atoms with Crippen LogP contribution < -0.4 is 5.43 Å². The van der Waals surface area contributed by atoms with E-state index >= 15 is 0 Å². The SMILES string of the molecule is CCC(=O)c1oc(Br)c(Br)c(=O)c1Br. The topological polar surface area (TPSA) is 47.3 Å². The van der Waals surface area contributed by atoms with Gasteiger partial charge in [-0.2, -0.15) is 0 Å². The van der Waals surface area contributed by atoms with Gasteiger partial charge in [-0.05, 0) is 47.8 Å². The highest BCUT2D eigenvalue weighted by Crippen LogP contribution is 2.25. The summed E-state index contributed by atoms with van der Waals surface area (Å²) in [4.78, 5) is 22.8. The first-order valence-corrected chi connectivity index (χ1v) is 6.07. The molecule has 0 aliphatic rings. The molecule has 0 aliphatic carbocycles. The van der Waals surface area contributed by atoms with Crippen LogP contribution in [-0.4, -0.2) is 5.78 Å². The van der Waals surface area contributed by atoms with Gasteiger partial charge < -0.3 is 4.42 Å². The van der Waals surface area contributed by atoms with Gasteiger partial charge in [0.15, 0.2) is 16.2 Å². The minimum absolute atomic E-state index is 0.0487.